The summed E-state index contributed by atoms with van der Waals surface area (Å²) < 4.78 is 23.0. The van der Waals surface area contributed by atoms with Crippen molar-refractivity contribution >= 4 is 11.9 Å². The van der Waals surface area contributed by atoms with Crippen LogP contribution in [0.4, 0.5) is 4.39 Å². The van der Waals surface area contributed by atoms with Crippen LogP contribution in [0.3, 0.4) is 0 Å². The van der Waals surface area contributed by atoms with E-state index in [4.69, 9.17) is 9.15 Å². The Morgan fingerprint density at radius 2 is 1.96 bits per heavy atom. The first-order chi connectivity index (χ1) is 10.9. The number of nitrogens with zero attached hydrogens (tertiary/aromatic N) is 1. The molecule has 122 valence electrons. The minimum absolute atomic E-state index is 0.00247. The molecule has 0 radical (unpaired) electrons. The number of hydrogen-bond donors (Lipinski definition) is 1. The summed E-state index contributed by atoms with van der Waals surface area (Å²) in [7, 11) is 1.26. The van der Waals surface area contributed by atoms with Gasteiger partial charge in [-0.05, 0) is 24.6 Å². The van der Waals surface area contributed by atoms with Gasteiger partial charge in [-0.15, -0.1) is 0 Å². The first-order valence-corrected chi connectivity index (χ1v) is 6.98. The lowest BCUT2D eigenvalue weighted by Gasteiger charge is -2.15. The maximum Gasteiger partial charge on any atom is 0.314 e. The van der Waals surface area contributed by atoms with E-state index in [0.717, 1.165) is 0 Å². The summed E-state index contributed by atoms with van der Waals surface area (Å²) in [5.41, 5.74) is 0.719. The normalized spacial score (nSPS) is 11.8. The van der Waals surface area contributed by atoms with Crippen LogP contribution < -0.4 is 5.32 Å². The minimum Gasteiger partial charge on any atom is -0.468 e. The first kappa shape index (κ1) is 16.7. The minimum atomic E-state index is -0.738. The smallest absolute Gasteiger partial charge is 0.314 e. The van der Waals surface area contributed by atoms with E-state index in [9.17, 15) is 14.0 Å². The number of amides is 1. The lowest BCUT2D eigenvalue weighted by atomic mass is 9.99. The van der Waals surface area contributed by atoms with Crippen molar-refractivity contribution in [1.29, 1.82) is 0 Å². The number of halogens is 1. The molecule has 2 aromatic rings. The fourth-order valence-electron chi connectivity index (χ4n) is 2.19. The number of ether oxygens (including phenoxy) is 1. The van der Waals surface area contributed by atoms with Gasteiger partial charge in [-0.1, -0.05) is 12.1 Å². The Balaban J connectivity index is 2.12. The number of oxazole rings is 1. The zero-order valence-corrected chi connectivity index (χ0v) is 13.1. The lowest BCUT2D eigenvalue weighted by Crippen LogP contribution is -2.32. The molecule has 1 heterocycles. The number of methoxy groups -OCH3 is 1. The van der Waals surface area contributed by atoms with Crippen molar-refractivity contribution in [3.8, 4) is 0 Å². The van der Waals surface area contributed by atoms with E-state index in [0.29, 0.717) is 17.2 Å². The number of rotatable bonds is 5. The van der Waals surface area contributed by atoms with E-state index in [1.165, 1.54) is 31.4 Å². The molecule has 1 amide bonds. The molecule has 7 heteroatoms. The molecule has 1 aromatic heterocycles. The number of hydrogen-bond acceptors (Lipinski definition) is 5. The van der Waals surface area contributed by atoms with Gasteiger partial charge in [-0.3, -0.25) is 9.59 Å². The first-order valence-electron chi connectivity index (χ1n) is 6.98. The van der Waals surface area contributed by atoms with Crippen molar-refractivity contribution < 1.29 is 23.1 Å². The zero-order chi connectivity index (χ0) is 17.0. The van der Waals surface area contributed by atoms with Crippen molar-refractivity contribution in [1.82, 2.24) is 10.3 Å². The number of carbonyl (C=O) groups excluding carboxylic acids is 2. The van der Waals surface area contributed by atoms with Gasteiger partial charge in [0.25, 0.3) is 5.91 Å². The van der Waals surface area contributed by atoms with Crippen LogP contribution >= 0.6 is 0 Å². The average Bonchev–Trinajstić information content (AvgIpc) is 2.87. The van der Waals surface area contributed by atoms with E-state index in [1.54, 1.807) is 13.8 Å². The third-order valence-electron chi connectivity index (χ3n) is 3.34. The average molecular weight is 320 g/mol. The zero-order valence-electron chi connectivity index (χ0n) is 13.1. The summed E-state index contributed by atoms with van der Waals surface area (Å²) in [5, 5.41) is 2.63. The van der Waals surface area contributed by atoms with E-state index in [2.05, 4.69) is 10.3 Å². The maximum absolute atomic E-state index is 13.0. The molecule has 6 nitrogen and oxygen atoms in total. The van der Waals surface area contributed by atoms with Gasteiger partial charge in [0.1, 0.15) is 11.6 Å². The third-order valence-corrected chi connectivity index (χ3v) is 3.34. The number of aromatic nitrogens is 1. The summed E-state index contributed by atoms with van der Waals surface area (Å²) in [6.07, 6.45) is 0. The number of benzene rings is 1. The highest BCUT2D eigenvalue weighted by Gasteiger charge is 2.24. The predicted octanol–water partition coefficient (Wildman–Crippen LogP) is 2.12. The van der Waals surface area contributed by atoms with Gasteiger partial charge in [-0.2, -0.15) is 0 Å². The van der Waals surface area contributed by atoms with Crippen LogP contribution in [0.2, 0.25) is 0 Å². The van der Waals surface area contributed by atoms with Gasteiger partial charge in [-0.25, -0.2) is 9.37 Å². The van der Waals surface area contributed by atoms with Gasteiger partial charge in [0.05, 0.1) is 13.0 Å². The van der Waals surface area contributed by atoms with Crippen LogP contribution in [0, 0.1) is 19.7 Å². The monoisotopic (exact) mass is 320 g/mol. The fourth-order valence-corrected chi connectivity index (χ4v) is 2.19. The van der Waals surface area contributed by atoms with Crippen LogP contribution in [-0.2, 0) is 9.53 Å². The van der Waals surface area contributed by atoms with Crippen LogP contribution in [0.25, 0.3) is 0 Å². The molecule has 2 rings (SSSR count). The molecule has 0 unspecified atom stereocenters. The van der Waals surface area contributed by atoms with Gasteiger partial charge >= 0.3 is 5.97 Å². The summed E-state index contributed by atoms with van der Waals surface area (Å²) in [6.45, 7) is 3.27. The quantitative estimate of drug-likeness (QED) is 0.853. The molecule has 0 fully saturated rings. The van der Waals surface area contributed by atoms with E-state index in [-0.39, 0.29) is 12.2 Å². The second-order valence-corrected chi connectivity index (χ2v) is 4.97. The second kappa shape index (κ2) is 7.04. The van der Waals surface area contributed by atoms with Crippen LogP contribution in [-0.4, -0.2) is 30.5 Å². The highest BCUT2D eigenvalue weighted by Crippen LogP contribution is 2.18. The maximum atomic E-state index is 13.0. The molecule has 23 heavy (non-hydrogen) atoms. The molecule has 0 spiro atoms. The SMILES string of the molecule is COC(=O)[C@@H](CNC(=O)c1nc(C)oc1C)c1ccc(F)cc1. The Bertz CT molecular complexity index is 709. The molecule has 1 aromatic carbocycles. The summed E-state index contributed by atoms with van der Waals surface area (Å²) in [4.78, 5) is 28.0. The van der Waals surface area contributed by atoms with Crippen molar-refractivity contribution in [2.75, 3.05) is 13.7 Å². The van der Waals surface area contributed by atoms with Crippen LogP contribution in [0.1, 0.15) is 33.6 Å². The number of nitrogens with one attached hydrogen (secondary N) is 1. The Labute approximate surface area is 132 Å². The molecule has 1 atom stereocenters. The highest BCUT2D eigenvalue weighted by molar-refractivity contribution is 5.93. The highest BCUT2D eigenvalue weighted by atomic mass is 19.1. The Morgan fingerprint density at radius 3 is 2.48 bits per heavy atom. The molecule has 1 N–H and O–H groups in total. The Kier molecular flexibility index (Phi) is 5.10. The molecule has 0 saturated carbocycles. The molecule has 0 saturated heterocycles. The summed E-state index contributed by atoms with van der Waals surface area (Å²) in [6, 6.07) is 5.46. The second-order valence-electron chi connectivity index (χ2n) is 4.97. The molecular formula is C16H17FN2O4. The summed E-state index contributed by atoms with van der Waals surface area (Å²) in [5.74, 6) is -1.33. The Morgan fingerprint density at radius 1 is 1.30 bits per heavy atom. The summed E-state index contributed by atoms with van der Waals surface area (Å²) >= 11 is 0. The van der Waals surface area contributed by atoms with E-state index in [1.807, 2.05) is 0 Å². The topological polar surface area (TPSA) is 81.4 Å². The number of esters is 1. The molecule has 0 aliphatic heterocycles. The molecule has 0 bridgehead atoms. The molecular weight excluding hydrogens is 303 g/mol. The standard InChI is InChI=1S/C16H17FN2O4/c1-9-14(19-10(2)23-9)15(20)18-8-13(16(21)22-3)11-4-6-12(17)7-5-11/h4-7,13H,8H2,1-3H3,(H,18,20)/t13-/m0/s1. The predicted molar refractivity (Wildman–Crippen MR) is 79.5 cm³/mol. The van der Waals surface area contributed by atoms with Crippen molar-refractivity contribution in [2.24, 2.45) is 0 Å². The van der Waals surface area contributed by atoms with Crippen LogP contribution in [0.5, 0.6) is 0 Å². The van der Waals surface area contributed by atoms with Gasteiger partial charge < -0.3 is 14.5 Å². The van der Waals surface area contributed by atoms with E-state index < -0.39 is 23.6 Å². The van der Waals surface area contributed by atoms with Gasteiger partial charge in [0.2, 0.25) is 0 Å². The number of carbonyl (C=O) groups is 2. The molecule has 0 aliphatic rings. The van der Waals surface area contributed by atoms with Gasteiger partial charge in [0, 0.05) is 13.5 Å². The number of aryl methyl sites for hydroxylation is 2. The van der Waals surface area contributed by atoms with Crippen molar-refractivity contribution in [2.45, 2.75) is 19.8 Å². The lowest BCUT2D eigenvalue weighted by molar-refractivity contribution is -0.142. The largest absolute Gasteiger partial charge is 0.468 e. The van der Waals surface area contributed by atoms with Crippen molar-refractivity contribution in [3.63, 3.8) is 0 Å². The Hall–Kier alpha value is -2.70. The van der Waals surface area contributed by atoms with Crippen LogP contribution in [0.15, 0.2) is 28.7 Å². The molecule has 0 aliphatic carbocycles. The van der Waals surface area contributed by atoms with Crippen molar-refractivity contribution in [3.05, 3.63) is 53.0 Å². The van der Waals surface area contributed by atoms with Gasteiger partial charge in [0.15, 0.2) is 11.6 Å². The fraction of sp³-hybridized carbons (Fsp3) is 0.312. The van der Waals surface area contributed by atoms with E-state index >= 15 is 0 Å². The third kappa shape index (κ3) is 3.94.